The molecule has 114 valence electrons. The number of rotatable bonds is 3. The fourth-order valence-electron chi connectivity index (χ4n) is 2.13. The summed E-state index contributed by atoms with van der Waals surface area (Å²) >= 11 is 0. The standard InChI is InChI=1S/C15H15F3O3/c1-3-20-14(19)11-8-12(21-13(11)15(16,17)18)10-6-4-9(2)5-7-10/h4-7,12H,3,8H2,1-2H3. The average molecular weight is 300 g/mol. The van der Waals surface area contributed by atoms with Gasteiger partial charge in [-0.05, 0) is 19.4 Å². The van der Waals surface area contributed by atoms with Crippen LogP contribution in [0.1, 0.15) is 30.6 Å². The predicted octanol–water partition coefficient (Wildman–Crippen LogP) is 3.84. The van der Waals surface area contributed by atoms with E-state index < -0.39 is 29.6 Å². The van der Waals surface area contributed by atoms with Gasteiger partial charge in [-0.3, -0.25) is 0 Å². The topological polar surface area (TPSA) is 35.5 Å². The molecule has 0 radical (unpaired) electrons. The molecule has 0 aromatic heterocycles. The predicted molar refractivity (Wildman–Crippen MR) is 69.3 cm³/mol. The number of ether oxygens (including phenoxy) is 2. The van der Waals surface area contributed by atoms with Gasteiger partial charge in [0, 0.05) is 6.42 Å². The van der Waals surface area contributed by atoms with E-state index in [0.29, 0.717) is 5.56 Å². The Balaban J connectivity index is 2.27. The van der Waals surface area contributed by atoms with Crippen molar-refractivity contribution < 1.29 is 27.4 Å². The van der Waals surface area contributed by atoms with E-state index in [2.05, 4.69) is 4.74 Å². The van der Waals surface area contributed by atoms with Crippen LogP contribution in [-0.4, -0.2) is 18.8 Å². The number of carbonyl (C=O) groups is 1. The van der Waals surface area contributed by atoms with E-state index in [-0.39, 0.29) is 13.0 Å². The molecule has 0 aliphatic carbocycles. The zero-order valence-corrected chi connectivity index (χ0v) is 11.7. The second-order valence-corrected chi connectivity index (χ2v) is 4.75. The van der Waals surface area contributed by atoms with Crippen molar-refractivity contribution in [3.63, 3.8) is 0 Å². The zero-order valence-electron chi connectivity index (χ0n) is 11.7. The van der Waals surface area contributed by atoms with Gasteiger partial charge in [-0.2, -0.15) is 13.2 Å². The quantitative estimate of drug-likeness (QED) is 0.796. The van der Waals surface area contributed by atoms with E-state index >= 15 is 0 Å². The molecule has 1 aliphatic heterocycles. The van der Waals surface area contributed by atoms with Gasteiger partial charge in [0.15, 0.2) is 0 Å². The van der Waals surface area contributed by atoms with Crippen molar-refractivity contribution in [2.45, 2.75) is 32.5 Å². The van der Waals surface area contributed by atoms with Crippen molar-refractivity contribution in [2.24, 2.45) is 0 Å². The molecule has 0 fully saturated rings. The number of alkyl halides is 3. The van der Waals surface area contributed by atoms with E-state index in [4.69, 9.17) is 4.74 Å². The number of benzene rings is 1. The highest BCUT2D eigenvalue weighted by molar-refractivity contribution is 5.89. The Hall–Kier alpha value is -1.98. The molecule has 2 rings (SSSR count). The first-order valence-corrected chi connectivity index (χ1v) is 6.53. The van der Waals surface area contributed by atoms with E-state index in [1.807, 2.05) is 6.92 Å². The van der Waals surface area contributed by atoms with Crippen LogP contribution in [0.2, 0.25) is 0 Å². The van der Waals surface area contributed by atoms with Gasteiger partial charge in [0.2, 0.25) is 5.76 Å². The zero-order chi connectivity index (χ0) is 15.6. The van der Waals surface area contributed by atoms with Crippen LogP contribution in [0, 0.1) is 6.92 Å². The van der Waals surface area contributed by atoms with Crippen molar-refractivity contribution in [3.05, 3.63) is 46.7 Å². The minimum Gasteiger partial charge on any atom is -0.480 e. The van der Waals surface area contributed by atoms with E-state index in [0.717, 1.165) is 5.56 Å². The van der Waals surface area contributed by atoms with Gasteiger partial charge < -0.3 is 9.47 Å². The molecule has 1 heterocycles. The molecule has 6 heteroatoms. The van der Waals surface area contributed by atoms with Gasteiger partial charge >= 0.3 is 12.1 Å². The Morgan fingerprint density at radius 3 is 2.48 bits per heavy atom. The van der Waals surface area contributed by atoms with Crippen LogP contribution < -0.4 is 0 Å². The molecular weight excluding hydrogens is 285 g/mol. The SMILES string of the molecule is CCOC(=O)C1=C(C(F)(F)F)OC(c2ccc(C)cc2)C1. The smallest absolute Gasteiger partial charge is 0.449 e. The summed E-state index contributed by atoms with van der Waals surface area (Å²) in [7, 11) is 0. The molecule has 1 atom stereocenters. The molecule has 0 amide bonds. The van der Waals surface area contributed by atoms with E-state index in [1.165, 1.54) is 0 Å². The van der Waals surface area contributed by atoms with Gasteiger partial charge in [0.05, 0.1) is 12.2 Å². The van der Waals surface area contributed by atoms with Crippen molar-refractivity contribution in [1.29, 1.82) is 0 Å². The summed E-state index contributed by atoms with van der Waals surface area (Å²) in [6.45, 7) is 3.43. The van der Waals surface area contributed by atoms with Crippen LogP contribution in [0.3, 0.4) is 0 Å². The molecule has 0 saturated carbocycles. The molecule has 1 aromatic carbocycles. The third-order valence-electron chi connectivity index (χ3n) is 3.15. The van der Waals surface area contributed by atoms with Crippen LogP contribution in [-0.2, 0) is 14.3 Å². The van der Waals surface area contributed by atoms with E-state index in [9.17, 15) is 18.0 Å². The summed E-state index contributed by atoms with van der Waals surface area (Å²) in [4.78, 5) is 11.7. The highest BCUT2D eigenvalue weighted by atomic mass is 19.4. The third kappa shape index (κ3) is 3.37. The fraction of sp³-hybridized carbons (Fsp3) is 0.400. The summed E-state index contributed by atoms with van der Waals surface area (Å²) in [5.74, 6) is -2.22. The van der Waals surface area contributed by atoms with Gasteiger partial charge in [-0.25, -0.2) is 4.79 Å². The van der Waals surface area contributed by atoms with E-state index in [1.54, 1.807) is 31.2 Å². The van der Waals surface area contributed by atoms with Crippen molar-refractivity contribution in [3.8, 4) is 0 Å². The van der Waals surface area contributed by atoms with Crippen molar-refractivity contribution >= 4 is 5.97 Å². The molecule has 0 N–H and O–H groups in total. The average Bonchev–Trinajstić information content (AvgIpc) is 2.85. The minimum atomic E-state index is -4.71. The third-order valence-corrected chi connectivity index (χ3v) is 3.15. The Kier molecular flexibility index (Phi) is 4.25. The van der Waals surface area contributed by atoms with Crippen LogP contribution in [0.25, 0.3) is 0 Å². The first kappa shape index (κ1) is 15.4. The summed E-state index contributed by atoms with van der Waals surface area (Å²) in [5, 5.41) is 0. The molecule has 0 bridgehead atoms. The monoisotopic (exact) mass is 300 g/mol. The summed E-state index contributed by atoms with van der Waals surface area (Å²) < 4.78 is 48.6. The Labute approximate surface area is 120 Å². The molecule has 1 unspecified atom stereocenters. The van der Waals surface area contributed by atoms with Crippen LogP contribution in [0.4, 0.5) is 13.2 Å². The number of hydrogen-bond acceptors (Lipinski definition) is 3. The summed E-state index contributed by atoms with van der Waals surface area (Å²) in [6, 6.07) is 6.97. The fourth-order valence-corrected chi connectivity index (χ4v) is 2.13. The second-order valence-electron chi connectivity index (χ2n) is 4.75. The lowest BCUT2D eigenvalue weighted by Crippen LogP contribution is -2.17. The number of esters is 1. The first-order valence-electron chi connectivity index (χ1n) is 6.53. The number of carbonyl (C=O) groups excluding carboxylic acids is 1. The van der Waals surface area contributed by atoms with Gasteiger partial charge in [-0.15, -0.1) is 0 Å². The lowest BCUT2D eigenvalue weighted by atomic mass is 10.0. The van der Waals surface area contributed by atoms with Gasteiger partial charge in [-0.1, -0.05) is 29.8 Å². The largest absolute Gasteiger partial charge is 0.480 e. The van der Waals surface area contributed by atoms with Gasteiger partial charge in [0.25, 0.3) is 0 Å². The number of hydrogen-bond donors (Lipinski definition) is 0. The van der Waals surface area contributed by atoms with Crippen molar-refractivity contribution in [2.75, 3.05) is 6.61 Å². The van der Waals surface area contributed by atoms with Gasteiger partial charge in [0.1, 0.15) is 6.10 Å². The summed E-state index contributed by atoms with van der Waals surface area (Å²) in [5.41, 5.74) is 1.14. The number of aryl methyl sites for hydroxylation is 1. The molecule has 0 saturated heterocycles. The van der Waals surface area contributed by atoms with Crippen LogP contribution >= 0.6 is 0 Å². The lowest BCUT2D eigenvalue weighted by molar-refractivity contribution is -0.143. The Morgan fingerprint density at radius 2 is 1.95 bits per heavy atom. The number of halogens is 3. The highest BCUT2D eigenvalue weighted by Gasteiger charge is 2.46. The lowest BCUT2D eigenvalue weighted by Gasteiger charge is -2.15. The summed E-state index contributed by atoms with van der Waals surface area (Å²) in [6.07, 6.45) is -5.67. The molecule has 1 aromatic rings. The molecule has 21 heavy (non-hydrogen) atoms. The van der Waals surface area contributed by atoms with Crippen LogP contribution in [0.15, 0.2) is 35.6 Å². The van der Waals surface area contributed by atoms with Crippen LogP contribution in [0.5, 0.6) is 0 Å². The molecular formula is C15H15F3O3. The van der Waals surface area contributed by atoms with Crippen molar-refractivity contribution in [1.82, 2.24) is 0 Å². The Morgan fingerprint density at radius 1 is 1.33 bits per heavy atom. The Bertz CT molecular complexity index is 559. The first-order chi connectivity index (χ1) is 9.82. The second kappa shape index (κ2) is 5.79. The highest BCUT2D eigenvalue weighted by Crippen LogP contribution is 2.43. The molecule has 3 nitrogen and oxygen atoms in total. The maximum Gasteiger partial charge on any atom is 0.449 e. The maximum absolute atomic E-state index is 13.0. The molecule has 1 aliphatic rings. The maximum atomic E-state index is 13.0. The number of allylic oxidation sites excluding steroid dienone is 1. The molecule has 0 spiro atoms. The minimum absolute atomic E-state index is 0.0165. The normalized spacial score (nSPS) is 18.6.